The first-order valence-corrected chi connectivity index (χ1v) is 38.8. The number of aliphatic hydroxyl groups excluding tert-OH is 2. The fraction of sp³-hybridized carbons (Fsp3) is 0.394. The van der Waals surface area contributed by atoms with Gasteiger partial charge in [0, 0.05) is 39.8 Å². The molecule has 28 nitrogen and oxygen atoms in total. The molecule has 3 aromatic carbocycles. The molecule has 4 saturated heterocycles. The van der Waals surface area contributed by atoms with Gasteiger partial charge in [-0.25, -0.2) is 27.6 Å². The average Bonchev–Trinajstić information content (AvgIpc) is 1.73. The maximum Gasteiger partial charge on any atom is 1.00 e. The Morgan fingerprint density at radius 3 is 1.13 bits per heavy atom. The molecule has 35 heteroatoms. The second-order valence-electron chi connectivity index (χ2n) is 23.9. The van der Waals surface area contributed by atoms with Gasteiger partial charge in [0.05, 0.1) is 126 Å². The molecule has 4 atom stereocenters. The molecule has 0 aliphatic carbocycles. The molecule has 101 heavy (non-hydrogen) atoms. The number of nitrogens with zero attached hydrogens (tertiary/aromatic N) is 12. The summed E-state index contributed by atoms with van der Waals surface area (Å²) in [6.07, 6.45) is 7.22. The summed E-state index contributed by atoms with van der Waals surface area (Å²) in [5.41, 5.74) is 3.35. The number of aliphatic hydroxyl groups is 2. The van der Waals surface area contributed by atoms with Crippen LogP contribution >= 0.6 is 52.6 Å². The van der Waals surface area contributed by atoms with Gasteiger partial charge in [-0.05, 0) is 56.2 Å². The minimum Gasteiger partial charge on any atom is -0.724 e. The van der Waals surface area contributed by atoms with E-state index in [-0.39, 0.29) is 138 Å². The van der Waals surface area contributed by atoms with Crippen LogP contribution in [0, 0.1) is 0 Å². The monoisotopic (exact) mass is 1510 g/mol. The number of likely N-dealkylation sites (N-methyl/N-ethyl adjacent to an activating group) is 1. The van der Waals surface area contributed by atoms with Gasteiger partial charge >= 0.3 is 73.2 Å². The molecule has 4 fully saturated rings. The van der Waals surface area contributed by atoms with Crippen LogP contribution in [0.5, 0.6) is 0 Å². The van der Waals surface area contributed by atoms with Crippen LogP contribution in [0.25, 0.3) is 0 Å². The Morgan fingerprint density at radius 2 is 0.812 bits per heavy atom. The van der Waals surface area contributed by atoms with Crippen LogP contribution in [-0.2, 0) is 76.7 Å². The van der Waals surface area contributed by atoms with E-state index in [1.807, 2.05) is 23.4 Å². The summed E-state index contributed by atoms with van der Waals surface area (Å²) in [4.78, 5) is 118. The second kappa shape index (κ2) is 33.1. The number of thiazole rings is 4. The molecular formula is C66H77N12NaO16PS5+. The first-order valence-electron chi connectivity index (χ1n) is 32.4. The first-order chi connectivity index (χ1) is 48.2. The number of carbonyl (C=O) groups is 4. The molecule has 15 rings (SSSR count). The molecule has 532 valence electrons. The average molecular weight is 1510 g/mol. The summed E-state index contributed by atoms with van der Waals surface area (Å²) >= 11 is 4.52. The summed E-state index contributed by atoms with van der Waals surface area (Å²) < 4.78 is 42.9. The first kappa shape index (κ1) is 76.5. The fourth-order valence-electron chi connectivity index (χ4n) is 13.5. The summed E-state index contributed by atoms with van der Waals surface area (Å²) in [6, 6.07) is 30.5. The van der Waals surface area contributed by atoms with Gasteiger partial charge < -0.3 is 48.4 Å². The Labute approximate surface area is 621 Å². The number of hydrogen-bond donors (Lipinski definition) is 2. The zero-order valence-electron chi connectivity index (χ0n) is 56.4. The summed E-state index contributed by atoms with van der Waals surface area (Å²) in [7, 11) is -5.00. The van der Waals surface area contributed by atoms with Gasteiger partial charge in [0.1, 0.15) is 41.3 Å². The zero-order chi connectivity index (χ0) is 71.3. The summed E-state index contributed by atoms with van der Waals surface area (Å²) in [6.45, 7) is 18.9. The maximum absolute atomic E-state index is 12.2. The smallest absolute Gasteiger partial charge is 0.724 e. The zero-order valence-corrected chi connectivity index (χ0v) is 63.4. The third-order valence-corrected chi connectivity index (χ3v) is 26.7. The third kappa shape index (κ3) is 15.3. The molecule has 4 aromatic heterocycles. The number of allylic oxidation sites excluding steroid dienone is 1. The number of hydroxylamine groups is 6. The third-order valence-electron chi connectivity index (χ3n) is 17.8. The number of carbonyl (C=O) groups excluding carboxylic acids is 4. The van der Waals surface area contributed by atoms with Crippen LogP contribution in [0.2, 0.25) is 0 Å². The number of rotatable bonds is 20. The van der Waals surface area contributed by atoms with Crippen molar-refractivity contribution >= 4 is 103 Å². The largest absolute Gasteiger partial charge is 1.00 e. The van der Waals surface area contributed by atoms with Gasteiger partial charge in [-0.2, -0.15) is 19.5 Å². The Morgan fingerprint density at radius 1 is 0.505 bits per heavy atom. The summed E-state index contributed by atoms with van der Waals surface area (Å²) in [5.74, 6) is 2.41. The number of amides is 8. The topological polar surface area (TPSA) is 308 Å². The predicted octanol–water partition coefficient (Wildman–Crippen LogP) is 3.39. The molecule has 8 aliphatic rings. The van der Waals surface area contributed by atoms with E-state index in [0.717, 1.165) is 80.3 Å². The van der Waals surface area contributed by atoms with Gasteiger partial charge in [0.25, 0.3) is 0 Å². The molecule has 4 unspecified atom stereocenters. The van der Waals surface area contributed by atoms with Gasteiger partial charge in [-0.15, -0.1) is 13.2 Å². The van der Waals surface area contributed by atoms with Crippen LogP contribution in [-0.4, -0.2) is 165 Å². The normalized spacial score (nSPS) is 18.8. The number of aromatic nitrogens is 4. The molecule has 0 radical (unpaired) electrons. The van der Waals surface area contributed by atoms with Crippen molar-refractivity contribution in [3.05, 3.63) is 209 Å². The van der Waals surface area contributed by atoms with Crippen molar-refractivity contribution in [3.8, 4) is 0 Å². The quantitative estimate of drug-likeness (QED) is 0.0363. The second-order valence-corrected chi connectivity index (χ2v) is 32.2. The van der Waals surface area contributed by atoms with E-state index >= 15 is 0 Å². The molecule has 12 heterocycles. The molecule has 8 bridgehead atoms. The van der Waals surface area contributed by atoms with E-state index in [1.165, 1.54) is 58.2 Å². The van der Waals surface area contributed by atoms with E-state index in [1.54, 1.807) is 36.0 Å². The summed E-state index contributed by atoms with van der Waals surface area (Å²) in [5, 5.41) is 25.4. The van der Waals surface area contributed by atoms with Gasteiger partial charge in [-0.3, -0.25) is 38.0 Å². The number of fused-ring (bicyclic) bond motifs is 16. The van der Waals surface area contributed by atoms with Crippen LogP contribution in [0.4, 0.5) is 19.2 Å². The number of benzene rings is 3. The number of urea groups is 4. The van der Waals surface area contributed by atoms with Crippen molar-refractivity contribution in [2.75, 3.05) is 59.7 Å². The predicted molar refractivity (Wildman–Crippen MR) is 380 cm³/mol. The SMILES string of the molecule is C/C=C/[P+](c1ccccc1)(c1ccccc1)c1ccccc1.C=CCON1C(=O)N2Cc3c(sc(=O)n3CCC)C1C2.C=CCON1C(=O)N2Cc3c(sc(=O)n3CCO)C1C2.CCCn1c2c(sc1=O)C1CN(C2)C(=O)N1C.O=C1N2Cc3c(sc(=O)n3CCO)C(C2)N1OS(=O)(=O)[O-].[Na+]. The molecule has 0 saturated carbocycles. The molecule has 7 aromatic rings. The Hall–Kier alpha value is -7.18. The van der Waals surface area contributed by atoms with Gasteiger partial charge in [0.15, 0.2) is 0 Å². The van der Waals surface area contributed by atoms with E-state index in [4.69, 9.17) is 19.9 Å². The van der Waals surface area contributed by atoms with Crippen molar-refractivity contribution in [2.45, 2.75) is 110 Å². The minimum atomic E-state index is -5.09. The standard InChI is InChI=1S/C21H20P.C13H17N3O3S.C12H15N3O4S.C11H15N3O2S.C9H11N3O7S2.Na/c1-2-18-22(19-12-6-3-7-13-19,20-14-8-4-9-15-20)21-16-10-5-11-17-21;1-3-5-15-9-7-14-8-10(11(9)20-13(15)18)16(12(14)17)19-6-4-2;1-2-5-19-15-9-7-13(11(15)17)6-8-10(9)20-12(18)14(8)3-4-16;1-3-4-14-8-6-13-5-7(12(2)10(13)15)9(8)17-11(14)16;13-2-1-11-5-3-10-4-6(7(5)20-9(11)15)12(8(10)14)19-21(16,17)18;/h2-18H,1H3;4,10H,2-3,5-8H2,1H3;2,9,16H,1,3-7H2;7H,3-6H2,1-2H3;6,13H,1-4H2,(H,16,17,18);/q+1;;;;;+1/p-1/b18-2+;;;;;. The minimum absolute atomic E-state index is 0. The Balaban J connectivity index is 0.000000136. The van der Waals surface area contributed by atoms with Crippen molar-refractivity contribution < 1.29 is 85.9 Å². The van der Waals surface area contributed by atoms with E-state index < -0.39 is 29.7 Å². The van der Waals surface area contributed by atoms with E-state index in [2.05, 4.69) is 134 Å². The van der Waals surface area contributed by atoms with E-state index in [9.17, 15) is 51.3 Å². The van der Waals surface area contributed by atoms with Crippen LogP contribution in [0.3, 0.4) is 0 Å². The van der Waals surface area contributed by atoms with Crippen LogP contribution in [0.15, 0.2) is 147 Å². The van der Waals surface area contributed by atoms with E-state index in [0.29, 0.717) is 54.9 Å². The van der Waals surface area contributed by atoms with Crippen molar-refractivity contribution in [1.82, 2.24) is 58.0 Å². The Kier molecular flexibility index (Phi) is 25.0. The molecule has 8 aliphatic heterocycles. The molecule has 2 N–H and O–H groups in total. The molecule has 8 amide bonds. The van der Waals surface area contributed by atoms with Crippen LogP contribution < -0.4 is 65.0 Å². The molecule has 0 spiro atoms. The van der Waals surface area contributed by atoms with Crippen LogP contribution in [0.1, 0.15) is 100 Å². The Bertz CT molecular complexity index is 4380. The van der Waals surface area contributed by atoms with Gasteiger partial charge in [-0.1, -0.05) is 132 Å². The van der Waals surface area contributed by atoms with Crippen molar-refractivity contribution in [2.24, 2.45) is 0 Å². The van der Waals surface area contributed by atoms with Gasteiger partial charge in [0.2, 0.25) is 10.4 Å². The van der Waals surface area contributed by atoms with Crippen molar-refractivity contribution in [1.29, 1.82) is 0 Å². The van der Waals surface area contributed by atoms with Crippen molar-refractivity contribution in [3.63, 3.8) is 0 Å². The molecular weight excluding hydrogens is 1430 g/mol. The number of hydrogen-bond acceptors (Lipinski definition) is 20. The maximum atomic E-state index is 12.2. The fourth-order valence-corrected chi connectivity index (χ4v) is 22.1.